The largest absolute Gasteiger partial charge is 0.529 e. The highest BCUT2D eigenvalue weighted by Gasteiger charge is 2.24. The van der Waals surface area contributed by atoms with Crippen molar-refractivity contribution in [2.75, 3.05) is 21.3 Å². The van der Waals surface area contributed by atoms with Crippen molar-refractivity contribution >= 4 is 13.8 Å². The minimum Gasteiger partial charge on any atom is -0.497 e. The van der Waals surface area contributed by atoms with Crippen LogP contribution in [0.25, 0.3) is 0 Å². The summed E-state index contributed by atoms with van der Waals surface area (Å²) < 4.78 is 35.8. The Bertz CT molecular complexity index is 542. The molecule has 8 heteroatoms. The lowest BCUT2D eigenvalue weighted by Crippen LogP contribution is -2.05. The Morgan fingerprint density at radius 2 is 1.57 bits per heavy atom. The summed E-state index contributed by atoms with van der Waals surface area (Å²) in [4.78, 5) is 11.7. The van der Waals surface area contributed by atoms with Crippen LogP contribution < -0.4 is 9.47 Å². The zero-order valence-electron chi connectivity index (χ0n) is 12.2. The summed E-state index contributed by atoms with van der Waals surface area (Å²) in [7, 11) is 0.205. The molecule has 0 spiro atoms. The van der Waals surface area contributed by atoms with Gasteiger partial charge in [0, 0.05) is 14.2 Å². The summed E-state index contributed by atoms with van der Waals surface area (Å²) in [6.45, 7) is 1.43. The zero-order valence-corrected chi connectivity index (χ0v) is 13.1. The molecule has 0 aliphatic heterocycles. The number of methoxy groups -OCH3 is 1. The monoisotopic (exact) mass is 316 g/mol. The predicted molar refractivity (Wildman–Crippen MR) is 75.1 cm³/mol. The molecule has 0 saturated carbocycles. The van der Waals surface area contributed by atoms with Crippen molar-refractivity contribution in [3.63, 3.8) is 0 Å². The SMILES string of the molecule is COc1ccc(OC(=O)/C=C(/C)OP(=O)(OC)OC)cc1. The number of benzene rings is 1. The fourth-order valence-electron chi connectivity index (χ4n) is 1.31. The molecule has 0 unspecified atom stereocenters. The van der Waals surface area contributed by atoms with Gasteiger partial charge in [0.1, 0.15) is 17.3 Å². The molecule has 0 radical (unpaired) electrons. The van der Waals surface area contributed by atoms with Crippen LogP contribution in [0, 0.1) is 0 Å². The molecule has 1 aromatic rings. The molecule has 0 heterocycles. The minimum atomic E-state index is -3.68. The third-order valence-corrected chi connectivity index (χ3v) is 3.71. The average Bonchev–Trinajstić information content (AvgIpc) is 2.47. The normalized spacial score (nSPS) is 11.9. The molecule has 1 rings (SSSR count). The Balaban J connectivity index is 2.66. The van der Waals surface area contributed by atoms with Crippen LogP contribution in [0.4, 0.5) is 0 Å². The van der Waals surface area contributed by atoms with E-state index in [0.717, 1.165) is 6.08 Å². The van der Waals surface area contributed by atoms with Crippen LogP contribution in [0.15, 0.2) is 36.1 Å². The van der Waals surface area contributed by atoms with E-state index in [4.69, 9.17) is 14.0 Å². The molecule has 116 valence electrons. The van der Waals surface area contributed by atoms with Gasteiger partial charge in [0.25, 0.3) is 0 Å². The number of phosphoric acid groups is 1. The van der Waals surface area contributed by atoms with E-state index in [1.807, 2.05) is 0 Å². The first-order chi connectivity index (χ1) is 9.92. The van der Waals surface area contributed by atoms with Crippen molar-refractivity contribution < 1.29 is 32.4 Å². The molecule has 0 aliphatic rings. The van der Waals surface area contributed by atoms with Gasteiger partial charge < -0.3 is 14.0 Å². The first kappa shape index (κ1) is 17.2. The number of allylic oxidation sites excluding steroid dienone is 1. The number of esters is 1. The molecular formula is C13H17O7P. The smallest absolute Gasteiger partial charge is 0.497 e. The molecule has 0 N–H and O–H groups in total. The van der Waals surface area contributed by atoms with Crippen LogP contribution in [-0.2, 0) is 22.9 Å². The highest BCUT2D eigenvalue weighted by Crippen LogP contribution is 2.49. The van der Waals surface area contributed by atoms with Crippen molar-refractivity contribution in [2.45, 2.75) is 6.92 Å². The molecule has 1 aromatic carbocycles. The lowest BCUT2D eigenvalue weighted by atomic mass is 10.3. The second kappa shape index (κ2) is 7.83. The van der Waals surface area contributed by atoms with Crippen LogP contribution in [-0.4, -0.2) is 27.3 Å². The zero-order chi connectivity index (χ0) is 15.9. The van der Waals surface area contributed by atoms with Gasteiger partial charge in [0.05, 0.1) is 13.2 Å². The van der Waals surface area contributed by atoms with Gasteiger partial charge in [-0.15, -0.1) is 0 Å². The number of hydrogen-bond acceptors (Lipinski definition) is 7. The van der Waals surface area contributed by atoms with E-state index in [0.29, 0.717) is 11.5 Å². The summed E-state index contributed by atoms with van der Waals surface area (Å²) in [6.07, 6.45) is 1.04. The summed E-state index contributed by atoms with van der Waals surface area (Å²) >= 11 is 0. The summed E-state index contributed by atoms with van der Waals surface area (Å²) in [5.74, 6) is 0.342. The Morgan fingerprint density at radius 3 is 2.05 bits per heavy atom. The number of ether oxygens (including phenoxy) is 2. The van der Waals surface area contributed by atoms with Crippen LogP contribution >= 0.6 is 7.82 Å². The van der Waals surface area contributed by atoms with E-state index >= 15 is 0 Å². The average molecular weight is 316 g/mol. The van der Waals surface area contributed by atoms with Gasteiger partial charge in [0.2, 0.25) is 0 Å². The van der Waals surface area contributed by atoms with Crippen LogP contribution in [0.1, 0.15) is 6.92 Å². The van der Waals surface area contributed by atoms with E-state index in [9.17, 15) is 9.36 Å². The molecule has 0 aromatic heterocycles. The van der Waals surface area contributed by atoms with Crippen LogP contribution in [0.5, 0.6) is 11.5 Å². The molecule has 0 aliphatic carbocycles. The first-order valence-electron chi connectivity index (χ1n) is 5.87. The Morgan fingerprint density at radius 1 is 1.05 bits per heavy atom. The van der Waals surface area contributed by atoms with Gasteiger partial charge in [-0.1, -0.05) is 0 Å². The quantitative estimate of drug-likeness (QED) is 0.251. The summed E-state index contributed by atoms with van der Waals surface area (Å²) in [5, 5.41) is 0. The number of rotatable bonds is 7. The highest BCUT2D eigenvalue weighted by atomic mass is 31.2. The van der Waals surface area contributed by atoms with Crippen LogP contribution in [0.3, 0.4) is 0 Å². The number of carbonyl (C=O) groups is 1. The third-order valence-electron chi connectivity index (χ3n) is 2.30. The van der Waals surface area contributed by atoms with Gasteiger partial charge in [-0.2, -0.15) is 0 Å². The topological polar surface area (TPSA) is 80.3 Å². The molecule has 21 heavy (non-hydrogen) atoms. The lowest BCUT2D eigenvalue weighted by molar-refractivity contribution is -0.129. The molecule has 7 nitrogen and oxygen atoms in total. The van der Waals surface area contributed by atoms with E-state index in [-0.39, 0.29) is 5.76 Å². The standard InChI is InChI=1S/C13H17O7P/c1-10(20-21(15,17-3)18-4)9-13(14)19-12-7-5-11(16-2)6-8-12/h5-9H,1-4H3/b10-9-. The molecule has 0 bridgehead atoms. The minimum absolute atomic E-state index is 0.0422. The summed E-state index contributed by atoms with van der Waals surface area (Å²) in [5.41, 5.74) is 0. The van der Waals surface area contributed by atoms with Gasteiger partial charge >= 0.3 is 13.8 Å². The lowest BCUT2D eigenvalue weighted by Gasteiger charge is -2.14. The fourth-order valence-corrected chi connectivity index (χ4v) is 2.01. The van der Waals surface area contributed by atoms with Crippen molar-refractivity contribution in [2.24, 2.45) is 0 Å². The van der Waals surface area contributed by atoms with Gasteiger partial charge in [-0.3, -0.25) is 9.05 Å². The highest BCUT2D eigenvalue weighted by molar-refractivity contribution is 7.48. The molecule has 0 saturated heterocycles. The molecule has 0 atom stereocenters. The first-order valence-corrected chi connectivity index (χ1v) is 7.33. The maximum Gasteiger partial charge on any atom is 0.529 e. The van der Waals surface area contributed by atoms with Crippen LogP contribution in [0.2, 0.25) is 0 Å². The van der Waals surface area contributed by atoms with Crippen molar-refractivity contribution in [3.8, 4) is 11.5 Å². The van der Waals surface area contributed by atoms with E-state index in [1.54, 1.807) is 24.3 Å². The Kier molecular flexibility index (Phi) is 6.42. The van der Waals surface area contributed by atoms with E-state index in [2.05, 4.69) is 9.05 Å². The number of carbonyl (C=O) groups excluding carboxylic acids is 1. The van der Waals surface area contributed by atoms with Crippen molar-refractivity contribution in [3.05, 3.63) is 36.1 Å². The Labute approximate surface area is 123 Å². The predicted octanol–water partition coefficient (Wildman–Crippen LogP) is 2.92. The molecule has 0 amide bonds. The van der Waals surface area contributed by atoms with Gasteiger partial charge in [-0.25, -0.2) is 9.36 Å². The third kappa shape index (κ3) is 5.59. The van der Waals surface area contributed by atoms with Gasteiger partial charge in [0.15, 0.2) is 0 Å². The second-order valence-corrected chi connectivity index (χ2v) is 5.56. The molecule has 0 fully saturated rings. The maximum atomic E-state index is 11.7. The van der Waals surface area contributed by atoms with E-state index in [1.165, 1.54) is 28.3 Å². The van der Waals surface area contributed by atoms with E-state index < -0.39 is 13.8 Å². The van der Waals surface area contributed by atoms with Crippen molar-refractivity contribution in [1.82, 2.24) is 0 Å². The second-order valence-electron chi connectivity index (χ2n) is 3.76. The van der Waals surface area contributed by atoms with Gasteiger partial charge in [-0.05, 0) is 31.2 Å². The summed E-state index contributed by atoms with van der Waals surface area (Å²) in [6, 6.07) is 6.46. The maximum absolute atomic E-state index is 11.7. The number of phosphoric ester groups is 1. The fraction of sp³-hybridized carbons (Fsp3) is 0.308. The van der Waals surface area contributed by atoms with Crippen molar-refractivity contribution in [1.29, 1.82) is 0 Å². The Hall–Kier alpha value is -1.82. The number of hydrogen-bond donors (Lipinski definition) is 0. The molecular weight excluding hydrogens is 299 g/mol.